The molecule has 6 nitrogen and oxygen atoms in total. The molecule has 8 heteroatoms. The highest BCUT2D eigenvalue weighted by Crippen LogP contribution is 2.22. The van der Waals surface area contributed by atoms with Gasteiger partial charge in [-0.05, 0) is 37.1 Å². The molecule has 2 aliphatic rings. The SMILES string of the molecule is Cl.NC[C@H]1CC[C@@H](C(=O)N2CCC(NC(=O)c3ccsc3)CC2)O1. The predicted octanol–water partition coefficient (Wildman–Crippen LogP) is 1.40. The first-order valence-electron chi connectivity index (χ1n) is 8.14. The number of likely N-dealkylation sites (tertiary alicyclic amines) is 1. The van der Waals surface area contributed by atoms with Gasteiger partial charge in [-0.15, -0.1) is 12.4 Å². The van der Waals surface area contributed by atoms with Gasteiger partial charge in [0.1, 0.15) is 6.10 Å². The zero-order valence-electron chi connectivity index (χ0n) is 13.5. The summed E-state index contributed by atoms with van der Waals surface area (Å²) in [5, 5.41) is 6.79. The molecular weight excluding hydrogens is 350 g/mol. The van der Waals surface area contributed by atoms with Crippen LogP contribution in [0.3, 0.4) is 0 Å². The number of amides is 2. The Morgan fingerprint density at radius 2 is 2.04 bits per heavy atom. The lowest BCUT2D eigenvalue weighted by molar-refractivity contribution is -0.143. The lowest BCUT2D eigenvalue weighted by Gasteiger charge is -2.33. The number of ether oxygens (including phenoxy) is 1. The molecule has 3 rings (SSSR count). The molecule has 0 aliphatic carbocycles. The Kier molecular flexibility index (Phi) is 7.03. The highest BCUT2D eigenvalue weighted by atomic mass is 35.5. The van der Waals surface area contributed by atoms with E-state index in [-0.39, 0.29) is 42.5 Å². The number of thiophene rings is 1. The number of hydrogen-bond acceptors (Lipinski definition) is 5. The molecule has 134 valence electrons. The molecule has 0 unspecified atom stereocenters. The topological polar surface area (TPSA) is 84.7 Å². The Bertz CT molecular complexity index is 547. The van der Waals surface area contributed by atoms with Gasteiger partial charge in [-0.3, -0.25) is 9.59 Å². The molecule has 2 aliphatic heterocycles. The molecule has 1 aromatic rings. The molecular formula is C16H24ClN3O3S. The molecule has 2 atom stereocenters. The number of rotatable bonds is 4. The van der Waals surface area contributed by atoms with Crippen molar-refractivity contribution < 1.29 is 14.3 Å². The maximum Gasteiger partial charge on any atom is 0.252 e. The zero-order chi connectivity index (χ0) is 16.2. The second kappa shape index (κ2) is 8.80. The minimum absolute atomic E-state index is 0. The molecule has 0 radical (unpaired) electrons. The summed E-state index contributed by atoms with van der Waals surface area (Å²) in [7, 11) is 0. The standard InChI is InChI=1S/C16H23N3O3S.ClH/c17-9-13-1-2-14(22-13)16(21)19-6-3-12(4-7-19)18-15(20)11-5-8-23-10-11;/h5,8,10,12-14H,1-4,6-7,9,17H2,(H,18,20);1H/t13-,14+;/m1./s1. The number of nitrogens with two attached hydrogens (primary N) is 1. The van der Waals surface area contributed by atoms with E-state index in [4.69, 9.17) is 10.5 Å². The number of carbonyl (C=O) groups excluding carboxylic acids is 2. The molecule has 24 heavy (non-hydrogen) atoms. The molecule has 2 fully saturated rings. The molecule has 0 saturated carbocycles. The van der Waals surface area contributed by atoms with Crippen LogP contribution in [0.4, 0.5) is 0 Å². The normalized spacial score (nSPS) is 24.5. The Balaban J connectivity index is 0.00000208. The summed E-state index contributed by atoms with van der Waals surface area (Å²) in [6.45, 7) is 1.81. The van der Waals surface area contributed by atoms with E-state index in [2.05, 4.69) is 5.32 Å². The number of piperidine rings is 1. The summed E-state index contributed by atoms with van der Waals surface area (Å²) in [5.74, 6) is 0.0458. The van der Waals surface area contributed by atoms with Gasteiger partial charge in [-0.2, -0.15) is 11.3 Å². The highest BCUT2D eigenvalue weighted by Gasteiger charge is 2.34. The van der Waals surface area contributed by atoms with Gasteiger partial charge in [0, 0.05) is 36.6 Å². The van der Waals surface area contributed by atoms with Crippen LogP contribution < -0.4 is 11.1 Å². The summed E-state index contributed by atoms with van der Waals surface area (Å²) in [5.41, 5.74) is 6.30. The van der Waals surface area contributed by atoms with Crippen LogP contribution in [0, 0.1) is 0 Å². The van der Waals surface area contributed by atoms with Crippen LogP contribution in [0.2, 0.25) is 0 Å². The van der Waals surface area contributed by atoms with E-state index in [1.54, 1.807) is 0 Å². The number of halogens is 1. The van der Waals surface area contributed by atoms with E-state index in [9.17, 15) is 9.59 Å². The summed E-state index contributed by atoms with van der Waals surface area (Å²) in [4.78, 5) is 26.4. The van der Waals surface area contributed by atoms with Crippen LogP contribution in [0.1, 0.15) is 36.0 Å². The van der Waals surface area contributed by atoms with E-state index < -0.39 is 0 Å². The largest absolute Gasteiger partial charge is 0.364 e. The average molecular weight is 374 g/mol. The third kappa shape index (κ3) is 4.47. The van der Waals surface area contributed by atoms with Crippen molar-refractivity contribution in [2.45, 2.75) is 43.9 Å². The second-order valence-corrected chi connectivity index (χ2v) is 6.92. The van der Waals surface area contributed by atoms with Gasteiger partial charge in [0.25, 0.3) is 11.8 Å². The van der Waals surface area contributed by atoms with E-state index in [1.165, 1.54) is 11.3 Å². The molecule has 3 N–H and O–H groups in total. The third-order valence-corrected chi connectivity index (χ3v) is 5.25. The van der Waals surface area contributed by atoms with Crippen LogP contribution >= 0.6 is 23.7 Å². The monoisotopic (exact) mass is 373 g/mol. The minimum Gasteiger partial charge on any atom is -0.364 e. The van der Waals surface area contributed by atoms with E-state index in [1.807, 2.05) is 21.7 Å². The number of nitrogens with zero attached hydrogens (tertiary/aromatic N) is 1. The molecule has 3 heterocycles. The first-order chi connectivity index (χ1) is 11.2. The van der Waals surface area contributed by atoms with Crippen molar-refractivity contribution in [1.29, 1.82) is 0 Å². The number of hydrogen-bond donors (Lipinski definition) is 2. The molecule has 0 spiro atoms. The van der Waals surface area contributed by atoms with Crippen LogP contribution in [0.25, 0.3) is 0 Å². The van der Waals surface area contributed by atoms with Gasteiger partial charge in [-0.1, -0.05) is 0 Å². The summed E-state index contributed by atoms with van der Waals surface area (Å²) in [6.07, 6.45) is 2.88. The average Bonchev–Trinajstić information content (AvgIpc) is 3.26. The van der Waals surface area contributed by atoms with Crippen LogP contribution in [0.5, 0.6) is 0 Å². The second-order valence-electron chi connectivity index (χ2n) is 6.14. The summed E-state index contributed by atoms with van der Waals surface area (Å²) in [6, 6.07) is 1.96. The molecule has 2 saturated heterocycles. The van der Waals surface area contributed by atoms with Gasteiger partial charge in [0.2, 0.25) is 0 Å². The first kappa shape index (κ1) is 19.2. The van der Waals surface area contributed by atoms with Crippen molar-refractivity contribution in [1.82, 2.24) is 10.2 Å². The Morgan fingerprint density at radius 1 is 1.29 bits per heavy atom. The fourth-order valence-electron chi connectivity index (χ4n) is 3.17. The van der Waals surface area contributed by atoms with Crippen molar-refractivity contribution in [2.24, 2.45) is 5.73 Å². The van der Waals surface area contributed by atoms with Crippen LogP contribution in [-0.4, -0.2) is 54.6 Å². The Labute approximate surface area is 152 Å². The maximum absolute atomic E-state index is 12.5. The molecule has 2 amide bonds. The third-order valence-electron chi connectivity index (χ3n) is 4.57. The lowest BCUT2D eigenvalue weighted by Crippen LogP contribution is -2.49. The highest BCUT2D eigenvalue weighted by molar-refractivity contribution is 7.08. The summed E-state index contributed by atoms with van der Waals surface area (Å²) < 4.78 is 5.68. The minimum atomic E-state index is -0.333. The fraction of sp³-hybridized carbons (Fsp3) is 0.625. The lowest BCUT2D eigenvalue weighted by atomic mass is 10.0. The summed E-state index contributed by atoms with van der Waals surface area (Å²) >= 11 is 1.51. The van der Waals surface area contributed by atoms with Crippen LogP contribution in [-0.2, 0) is 9.53 Å². The fourth-order valence-corrected chi connectivity index (χ4v) is 3.81. The van der Waals surface area contributed by atoms with Gasteiger partial charge < -0.3 is 20.7 Å². The van der Waals surface area contributed by atoms with Crippen molar-refractivity contribution >= 4 is 35.6 Å². The smallest absolute Gasteiger partial charge is 0.252 e. The number of carbonyl (C=O) groups is 2. The Hall–Kier alpha value is -1.15. The predicted molar refractivity (Wildman–Crippen MR) is 95.6 cm³/mol. The first-order valence-corrected chi connectivity index (χ1v) is 9.09. The molecule has 0 bridgehead atoms. The van der Waals surface area contributed by atoms with E-state index in [0.717, 1.165) is 25.7 Å². The van der Waals surface area contributed by atoms with Crippen molar-refractivity contribution in [3.8, 4) is 0 Å². The molecule has 0 aromatic carbocycles. The van der Waals surface area contributed by atoms with E-state index >= 15 is 0 Å². The van der Waals surface area contributed by atoms with Crippen LogP contribution in [0.15, 0.2) is 16.8 Å². The van der Waals surface area contributed by atoms with Crippen molar-refractivity contribution in [3.63, 3.8) is 0 Å². The van der Waals surface area contributed by atoms with Gasteiger partial charge in [0.05, 0.1) is 6.10 Å². The zero-order valence-corrected chi connectivity index (χ0v) is 15.1. The quantitative estimate of drug-likeness (QED) is 0.835. The Morgan fingerprint density at radius 3 is 2.62 bits per heavy atom. The van der Waals surface area contributed by atoms with Crippen molar-refractivity contribution in [3.05, 3.63) is 22.4 Å². The number of nitrogens with one attached hydrogen (secondary N) is 1. The van der Waals surface area contributed by atoms with Gasteiger partial charge >= 0.3 is 0 Å². The van der Waals surface area contributed by atoms with Gasteiger partial charge in [0.15, 0.2) is 0 Å². The van der Waals surface area contributed by atoms with Gasteiger partial charge in [-0.25, -0.2) is 0 Å². The van der Waals surface area contributed by atoms with Crippen molar-refractivity contribution in [2.75, 3.05) is 19.6 Å². The van der Waals surface area contributed by atoms with E-state index in [0.29, 0.717) is 25.2 Å². The maximum atomic E-state index is 12.5. The molecule has 1 aromatic heterocycles.